The van der Waals surface area contributed by atoms with Gasteiger partial charge in [0.25, 0.3) is 0 Å². The lowest BCUT2D eigenvalue weighted by molar-refractivity contribution is 0.0696. The van der Waals surface area contributed by atoms with E-state index in [0.717, 1.165) is 5.69 Å². The van der Waals surface area contributed by atoms with E-state index in [1.165, 1.54) is 29.6 Å². The van der Waals surface area contributed by atoms with Gasteiger partial charge in [0.2, 0.25) is 0 Å². The first kappa shape index (κ1) is 19.0. The molecule has 0 aliphatic carbocycles. The van der Waals surface area contributed by atoms with Crippen LogP contribution in [0.15, 0.2) is 48.5 Å². The van der Waals surface area contributed by atoms with Gasteiger partial charge in [-0.15, -0.1) is 0 Å². The van der Waals surface area contributed by atoms with Crippen LogP contribution in [0.2, 0.25) is 0 Å². The zero-order chi connectivity index (χ0) is 19.4. The average Bonchev–Trinajstić information content (AvgIpc) is 2.68. The third-order valence-corrected chi connectivity index (χ3v) is 5.91. The van der Waals surface area contributed by atoms with Crippen molar-refractivity contribution >= 4 is 27.6 Å². The van der Waals surface area contributed by atoms with E-state index in [1.54, 1.807) is 0 Å². The largest absolute Gasteiger partial charge is 0.495 e. The number of hydrogen-bond acceptors (Lipinski definition) is 5. The van der Waals surface area contributed by atoms with E-state index < -0.39 is 16.2 Å². The van der Waals surface area contributed by atoms with Crippen molar-refractivity contribution in [2.45, 2.75) is 0 Å². The van der Waals surface area contributed by atoms with E-state index in [9.17, 15) is 13.2 Å². The number of ether oxygens (including phenoxy) is 1. The molecule has 0 spiro atoms. The standard InChI is InChI=1S/C18H21N3O5S/c1-26-17-13-14(18(22)23)7-8-16(17)19-27(24,25)21-11-9-20(10-12-21)15-5-3-2-4-6-15/h2-8,13,19H,9-12H2,1H3,(H,22,23). The Hall–Kier alpha value is -2.78. The molecule has 3 rings (SSSR count). The summed E-state index contributed by atoms with van der Waals surface area (Å²) >= 11 is 0. The van der Waals surface area contributed by atoms with Gasteiger partial charge in [-0.05, 0) is 30.3 Å². The maximum Gasteiger partial charge on any atom is 0.335 e. The normalized spacial score (nSPS) is 15.4. The highest BCUT2D eigenvalue weighted by Gasteiger charge is 2.28. The number of hydrogen-bond donors (Lipinski definition) is 2. The van der Waals surface area contributed by atoms with Gasteiger partial charge in [-0.25, -0.2) is 4.79 Å². The molecular formula is C18H21N3O5S. The molecule has 0 bridgehead atoms. The Morgan fingerprint density at radius 2 is 1.74 bits per heavy atom. The number of nitrogens with zero attached hydrogens (tertiary/aromatic N) is 2. The first-order valence-corrected chi connectivity index (χ1v) is 9.84. The van der Waals surface area contributed by atoms with Crippen LogP contribution in [0.1, 0.15) is 10.4 Å². The van der Waals surface area contributed by atoms with E-state index in [-0.39, 0.29) is 17.0 Å². The molecule has 8 nitrogen and oxygen atoms in total. The number of carboxylic acids is 1. The van der Waals surface area contributed by atoms with Gasteiger partial charge >= 0.3 is 16.2 Å². The van der Waals surface area contributed by atoms with Crippen LogP contribution < -0.4 is 14.4 Å². The molecule has 9 heteroatoms. The van der Waals surface area contributed by atoms with Crippen molar-refractivity contribution in [3.8, 4) is 5.75 Å². The van der Waals surface area contributed by atoms with E-state index in [4.69, 9.17) is 9.84 Å². The second-order valence-electron chi connectivity index (χ2n) is 6.05. The zero-order valence-electron chi connectivity index (χ0n) is 14.8. The van der Waals surface area contributed by atoms with E-state index in [1.807, 2.05) is 30.3 Å². The summed E-state index contributed by atoms with van der Waals surface area (Å²) < 4.78 is 34.4. The summed E-state index contributed by atoms with van der Waals surface area (Å²) in [6, 6.07) is 13.8. The van der Waals surface area contributed by atoms with Gasteiger partial charge in [-0.2, -0.15) is 12.7 Å². The molecule has 144 valence electrons. The highest BCUT2D eigenvalue weighted by Crippen LogP contribution is 2.27. The number of benzene rings is 2. The Bertz CT molecular complexity index is 910. The van der Waals surface area contributed by atoms with Gasteiger partial charge in [0, 0.05) is 31.9 Å². The summed E-state index contributed by atoms with van der Waals surface area (Å²) in [5.41, 5.74) is 1.28. The van der Waals surface area contributed by atoms with Gasteiger partial charge in [-0.1, -0.05) is 18.2 Å². The molecule has 1 heterocycles. The molecule has 1 fully saturated rings. The summed E-state index contributed by atoms with van der Waals surface area (Å²) in [6.07, 6.45) is 0. The van der Waals surface area contributed by atoms with Gasteiger partial charge in [0.15, 0.2) is 0 Å². The summed E-state index contributed by atoms with van der Waals surface area (Å²) in [4.78, 5) is 13.2. The molecule has 2 N–H and O–H groups in total. The number of aromatic carboxylic acids is 1. The smallest absolute Gasteiger partial charge is 0.335 e. The minimum atomic E-state index is -3.78. The van der Waals surface area contributed by atoms with Crippen molar-refractivity contribution in [3.63, 3.8) is 0 Å². The Balaban J connectivity index is 1.70. The Kier molecular flexibility index (Phi) is 5.52. The monoisotopic (exact) mass is 391 g/mol. The van der Waals surface area contributed by atoms with E-state index in [0.29, 0.717) is 26.2 Å². The Morgan fingerprint density at radius 1 is 1.07 bits per heavy atom. The summed E-state index contributed by atoms with van der Waals surface area (Å²) in [6.45, 7) is 1.86. The van der Waals surface area contributed by atoms with Crippen molar-refractivity contribution in [2.24, 2.45) is 0 Å². The van der Waals surface area contributed by atoms with Crippen LogP contribution >= 0.6 is 0 Å². The first-order valence-electron chi connectivity index (χ1n) is 8.40. The van der Waals surface area contributed by atoms with E-state index >= 15 is 0 Å². The predicted molar refractivity (Wildman–Crippen MR) is 103 cm³/mol. The molecule has 27 heavy (non-hydrogen) atoms. The molecule has 0 radical (unpaired) electrons. The van der Waals surface area contributed by atoms with Gasteiger partial charge in [0.05, 0.1) is 18.4 Å². The van der Waals surface area contributed by atoms with Crippen molar-refractivity contribution in [1.82, 2.24) is 4.31 Å². The molecule has 1 aliphatic rings. The molecule has 0 atom stereocenters. The van der Waals surface area contributed by atoms with Gasteiger partial charge in [-0.3, -0.25) is 4.72 Å². The van der Waals surface area contributed by atoms with Crippen molar-refractivity contribution < 1.29 is 23.1 Å². The van der Waals surface area contributed by atoms with Crippen molar-refractivity contribution in [1.29, 1.82) is 0 Å². The minimum Gasteiger partial charge on any atom is -0.495 e. The number of carbonyl (C=O) groups is 1. The maximum absolute atomic E-state index is 12.7. The highest BCUT2D eigenvalue weighted by atomic mass is 32.2. The number of carboxylic acid groups (broad SMARTS) is 1. The molecule has 0 amide bonds. The van der Waals surface area contributed by atoms with Crippen molar-refractivity contribution in [3.05, 3.63) is 54.1 Å². The lowest BCUT2D eigenvalue weighted by Gasteiger charge is -2.35. The summed E-state index contributed by atoms with van der Waals surface area (Å²) in [5.74, 6) is -0.957. The lowest BCUT2D eigenvalue weighted by Crippen LogP contribution is -2.50. The second-order valence-corrected chi connectivity index (χ2v) is 7.72. The summed E-state index contributed by atoms with van der Waals surface area (Å²) in [7, 11) is -2.42. The molecule has 2 aromatic rings. The van der Waals surface area contributed by atoms with Gasteiger partial charge < -0.3 is 14.7 Å². The molecule has 0 aromatic heterocycles. The van der Waals surface area contributed by atoms with E-state index in [2.05, 4.69) is 9.62 Å². The van der Waals surface area contributed by atoms with Crippen molar-refractivity contribution in [2.75, 3.05) is 42.9 Å². The zero-order valence-corrected chi connectivity index (χ0v) is 15.6. The van der Waals surface area contributed by atoms with Gasteiger partial charge in [0.1, 0.15) is 5.75 Å². The fourth-order valence-electron chi connectivity index (χ4n) is 2.94. The molecule has 1 aliphatic heterocycles. The molecular weight excluding hydrogens is 370 g/mol. The maximum atomic E-state index is 12.7. The number of rotatable bonds is 6. The number of nitrogens with one attached hydrogen (secondary N) is 1. The molecule has 1 saturated heterocycles. The van der Waals surface area contributed by atoms with Crippen LogP contribution in [-0.4, -0.2) is 57.1 Å². The SMILES string of the molecule is COc1cc(C(=O)O)ccc1NS(=O)(=O)N1CCN(c2ccccc2)CC1. The number of anilines is 2. The van der Waals surface area contributed by atoms with Crippen LogP contribution in [0, 0.1) is 0 Å². The molecule has 0 saturated carbocycles. The van der Waals surface area contributed by atoms with Crippen LogP contribution in [0.5, 0.6) is 5.75 Å². The first-order chi connectivity index (χ1) is 12.9. The van der Waals surface area contributed by atoms with Crippen LogP contribution in [0.4, 0.5) is 11.4 Å². The van der Waals surface area contributed by atoms with Crippen LogP contribution in [0.3, 0.4) is 0 Å². The summed E-state index contributed by atoms with van der Waals surface area (Å²) in [5, 5.41) is 9.04. The predicted octanol–water partition coefficient (Wildman–Crippen LogP) is 1.87. The number of piperazine rings is 1. The quantitative estimate of drug-likeness (QED) is 0.780. The molecule has 2 aromatic carbocycles. The molecule has 0 unspecified atom stereocenters. The number of para-hydroxylation sites is 1. The van der Waals surface area contributed by atoms with Crippen LogP contribution in [0.25, 0.3) is 0 Å². The minimum absolute atomic E-state index is 0.0197. The fraction of sp³-hybridized carbons (Fsp3) is 0.278. The highest BCUT2D eigenvalue weighted by molar-refractivity contribution is 7.90. The lowest BCUT2D eigenvalue weighted by atomic mass is 10.2. The van der Waals surface area contributed by atoms with Crippen LogP contribution in [-0.2, 0) is 10.2 Å². The second kappa shape index (κ2) is 7.85. The third-order valence-electron chi connectivity index (χ3n) is 4.39. The fourth-order valence-corrected chi connectivity index (χ4v) is 4.16. The third kappa shape index (κ3) is 4.32. The Morgan fingerprint density at radius 3 is 2.33 bits per heavy atom. The Labute approximate surface area is 158 Å². The number of methoxy groups -OCH3 is 1. The topological polar surface area (TPSA) is 99.2 Å². The average molecular weight is 391 g/mol.